The lowest BCUT2D eigenvalue weighted by atomic mass is 9.96. The molecule has 1 aromatic heterocycles. The molecule has 0 saturated heterocycles. The van der Waals surface area contributed by atoms with Gasteiger partial charge in [-0.25, -0.2) is 9.79 Å². The zero-order valence-corrected chi connectivity index (χ0v) is 25.2. The Morgan fingerprint density at radius 1 is 1.25 bits per heavy atom. The molecule has 0 bridgehead atoms. The predicted octanol–water partition coefficient (Wildman–Crippen LogP) is 4.50. The van der Waals surface area contributed by atoms with Crippen molar-refractivity contribution in [3.63, 3.8) is 0 Å². The van der Waals surface area contributed by atoms with Crippen LogP contribution in [0.5, 0.6) is 11.5 Å². The number of esters is 1. The number of aromatic hydroxyl groups is 1. The van der Waals surface area contributed by atoms with E-state index in [4.69, 9.17) is 9.47 Å². The van der Waals surface area contributed by atoms with Crippen molar-refractivity contribution in [2.24, 2.45) is 4.99 Å². The second-order valence-corrected chi connectivity index (χ2v) is 11.8. The van der Waals surface area contributed by atoms with Crippen LogP contribution in [0.15, 0.2) is 57.5 Å². The highest BCUT2D eigenvalue weighted by Gasteiger charge is 2.33. The minimum Gasteiger partial charge on any atom is -0.506 e. The van der Waals surface area contributed by atoms with Gasteiger partial charge < -0.3 is 14.6 Å². The van der Waals surface area contributed by atoms with E-state index in [2.05, 4.69) is 50.2 Å². The minimum atomic E-state index is -0.713. The zero-order chi connectivity index (χ0) is 26.1. The number of carbonyl (C=O) groups excluding carboxylic acids is 1. The smallest absolute Gasteiger partial charge is 0.338 e. The Morgan fingerprint density at radius 2 is 1.94 bits per heavy atom. The molecule has 1 aliphatic heterocycles. The van der Waals surface area contributed by atoms with E-state index < -0.39 is 12.0 Å². The number of nitrogens with zero attached hydrogens (tertiary/aromatic N) is 2. The maximum absolute atomic E-state index is 13.7. The van der Waals surface area contributed by atoms with Crippen LogP contribution in [0.3, 0.4) is 0 Å². The van der Waals surface area contributed by atoms with Crippen molar-refractivity contribution in [1.82, 2.24) is 4.57 Å². The van der Waals surface area contributed by atoms with Gasteiger partial charge in [-0.1, -0.05) is 23.5 Å². The second-order valence-electron chi connectivity index (χ2n) is 8.36. The van der Waals surface area contributed by atoms with Crippen LogP contribution in [0.4, 0.5) is 0 Å². The number of hydrogen-bond donors (Lipinski definition) is 1. The number of phenolic OH excluding ortho intramolecular Hbond substituents is 1. The molecule has 2 heterocycles. The molecule has 0 fully saturated rings. The summed E-state index contributed by atoms with van der Waals surface area (Å²) in [4.78, 5) is 32.0. The van der Waals surface area contributed by atoms with Crippen LogP contribution < -0.4 is 19.6 Å². The van der Waals surface area contributed by atoms with Crippen LogP contribution in [0.1, 0.15) is 44.9 Å². The predicted molar refractivity (Wildman–Crippen MR) is 156 cm³/mol. The molecule has 3 aromatic rings. The van der Waals surface area contributed by atoms with Gasteiger partial charge in [0.15, 0.2) is 4.80 Å². The van der Waals surface area contributed by atoms with Crippen molar-refractivity contribution in [3.8, 4) is 11.5 Å². The standard InChI is InChI=1S/C26H24I2N2O5S/c1-5-34-18-8-6-15(7-9-18)22-21(25(33)35-13(2)3)14(4)29-26-30(22)24(32)20(36-26)11-16-10-17(27)12-19(28)23(16)31/h6-13,22,31H,5H2,1-4H3/b20-11+/t22-/m0/s1. The average Bonchev–Trinajstić information content (AvgIpc) is 3.11. The van der Waals surface area contributed by atoms with Crippen molar-refractivity contribution >= 4 is 68.6 Å². The number of halogens is 2. The van der Waals surface area contributed by atoms with Crippen molar-refractivity contribution in [2.75, 3.05) is 6.61 Å². The number of allylic oxidation sites excluding steroid dienone is 1. The molecule has 0 aliphatic carbocycles. The molecule has 10 heteroatoms. The number of hydrogen-bond acceptors (Lipinski definition) is 7. The van der Waals surface area contributed by atoms with Gasteiger partial charge in [0, 0.05) is 9.13 Å². The number of aromatic nitrogens is 1. The fourth-order valence-corrected chi connectivity index (χ4v) is 6.85. The second kappa shape index (κ2) is 11.1. The van der Waals surface area contributed by atoms with Gasteiger partial charge in [-0.15, -0.1) is 0 Å². The van der Waals surface area contributed by atoms with Crippen molar-refractivity contribution in [2.45, 2.75) is 39.8 Å². The summed E-state index contributed by atoms with van der Waals surface area (Å²) in [5, 5.41) is 10.6. The van der Waals surface area contributed by atoms with Crippen molar-refractivity contribution < 1.29 is 19.4 Å². The van der Waals surface area contributed by atoms with Crippen LogP contribution >= 0.6 is 56.5 Å². The van der Waals surface area contributed by atoms with Gasteiger partial charge >= 0.3 is 5.97 Å². The van der Waals surface area contributed by atoms with Crippen molar-refractivity contribution in [3.05, 3.63) is 85.6 Å². The molecule has 0 radical (unpaired) electrons. The van der Waals surface area contributed by atoms with E-state index in [-0.39, 0.29) is 17.4 Å². The molecular formula is C26H24I2N2O5S. The van der Waals surface area contributed by atoms with Crippen molar-refractivity contribution in [1.29, 1.82) is 0 Å². The lowest BCUT2D eigenvalue weighted by molar-refractivity contribution is -0.143. The Labute approximate surface area is 239 Å². The number of fused-ring (bicyclic) bond motifs is 1. The average molecular weight is 730 g/mol. The number of carbonyl (C=O) groups is 1. The third-order valence-corrected chi connectivity index (χ3v) is 7.86. The molecule has 0 saturated carbocycles. The van der Waals surface area contributed by atoms with Gasteiger partial charge in [-0.05, 0) is 109 Å². The summed E-state index contributed by atoms with van der Waals surface area (Å²) in [6, 6.07) is 10.3. The molecule has 4 rings (SSSR count). The quantitative estimate of drug-likeness (QED) is 0.298. The molecule has 0 amide bonds. The van der Waals surface area contributed by atoms with Crippen LogP contribution in [-0.2, 0) is 9.53 Å². The molecule has 36 heavy (non-hydrogen) atoms. The molecule has 1 aliphatic rings. The van der Waals surface area contributed by atoms with Crippen LogP contribution in [-0.4, -0.2) is 28.4 Å². The largest absolute Gasteiger partial charge is 0.506 e. The Kier molecular flexibility index (Phi) is 8.25. The first-order chi connectivity index (χ1) is 17.1. The van der Waals surface area contributed by atoms with Crippen LogP contribution in [0.25, 0.3) is 6.08 Å². The molecule has 1 N–H and O–H groups in total. The van der Waals surface area contributed by atoms with E-state index >= 15 is 0 Å². The highest BCUT2D eigenvalue weighted by atomic mass is 127. The highest BCUT2D eigenvalue weighted by Crippen LogP contribution is 2.32. The number of thiazole rings is 1. The lowest BCUT2D eigenvalue weighted by Crippen LogP contribution is -2.40. The zero-order valence-electron chi connectivity index (χ0n) is 20.0. The summed E-state index contributed by atoms with van der Waals surface area (Å²) in [7, 11) is 0. The Balaban J connectivity index is 1.94. The third kappa shape index (κ3) is 5.40. The Hall–Kier alpha value is -2.19. The van der Waals surface area contributed by atoms with E-state index in [1.54, 1.807) is 26.8 Å². The Morgan fingerprint density at radius 3 is 2.58 bits per heavy atom. The number of ether oxygens (including phenoxy) is 2. The summed E-state index contributed by atoms with van der Waals surface area (Å²) < 4.78 is 14.7. The SMILES string of the molecule is CCOc1ccc([C@H]2C(C(=O)OC(C)C)=C(C)N=c3s/c(=C/c4cc(I)cc(I)c4O)c(=O)n32)cc1. The molecule has 1 atom stereocenters. The number of benzene rings is 2. The van der Waals surface area contributed by atoms with Gasteiger partial charge in [-0.3, -0.25) is 9.36 Å². The summed E-state index contributed by atoms with van der Waals surface area (Å²) in [5.74, 6) is 0.302. The normalized spacial score (nSPS) is 15.6. The van der Waals surface area contributed by atoms with E-state index in [9.17, 15) is 14.7 Å². The maximum Gasteiger partial charge on any atom is 0.338 e. The van der Waals surface area contributed by atoms with Crippen LogP contribution in [0.2, 0.25) is 0 Å². The van der Waals surface area contributed by atoms with Gasteiger partial charge in [0.2, 0.25) is 0 Å². The van der Waals surface area contributed by atoms with E-state index in [1.165, 1.54) is 15.9 Å². The highest BCUT2D eigenvalue weighted by molar-refractivity contribution is 14.1. The number of phenols is 1. The molecule has 0 unspecified atom stereocenters. The van der Waals surface area contributed by atoms with Crippen LogP contribution in [0, 0.1) is 7.14 Å². The first-order valence-corrected chi connectivity index (χ1v) is 14.2. The first-order valence-electron chi connectivity index (χ1n) is 11.2. The third-order valence-electron chi connectivity index (χ3n) is 5.44. The van der Waals surface area contributed by atoms with Gasteiger partial charge in [0.05, 0.1) is 38.1 Å². The first kappa shape index (κ1) is 26.9. The minimum absolute atomic E-state index is 0.113. The van der Waals surface area contributed by atoms with E-state index in [1.807, 2.05) is 43.3 Å². The maximum atomic E-state index is 13.7. The molecule has 7 nitrogen and oxygen atoms in total. The van der Waals surface area contributed by atoms with Gasteiger partial charge in [-0.2, -0.15) is 0 Å². The topological polar surface area (TPSA) is 90.1 Å². The van der Waals surface area contributed by atoms with Gasteiger partial charge in [0.25, 0.3) is 5.56 Å². The van der Waals surface area contributed by atoms with E-state index in [0.29, 0.717) is 42.1 Å². The van der Waals surface area contributed by atoms with E-state index in [0.717, 1.165) is 9.13 Å². The summed E-state index contributed by atoms with van der Waals surface area (Å²) in [6.45, 7) is 7.76. The Bertz CT molecular complexity index is 1540. The number of rotatable bonds is 6. The molecule has 2 aromatic carbocycles. The fourth-order valence-electron chi connectivity index (χ4n) is 3.93. The van der Waals surface area contributed by atoms with Gasteiger partial charge in [0.1, 0.15) is 11.5 Å². The lowest BCUT2D eigenvalue weighted by Gasteiger charge is -2.25. The molecular weight excluding hydrogens is 706 g/mol. The summed E-state index contributed by atoms with van der Waals surface area (Å²) in [6.07, 6.45) is 1.35. The molecule has 0 spiro atoms. The fraction of sp³-hybridized carbons (Fsp3) is 0.269. The monoisotopic (exact) mass is 730 g/mol. The summed E-state index contributed by atoms with van der Waals surface area (Å²) >= 11 is 5.46. The molecule has 188 valence electrons. The summed E-state index contributed by atoms with van der Waals surface area (Å²) in [5.41, 5.74) is 1.80.